The Kier molecular flexibility index (Phi) is 2.40. The molecule has 1 nitrogen and oxygen atoms in total. The molecule has 94 valence electrons. The van der Waals surface area contributed by atoms with Gasteiger partial charge in [-0.05, 0) is 80.1 Å². The minimum Gasteiger partial charge on any atom is -0.388 e. The second-order valence-electron chi connectivity index (χ2n) is 6.89. The quantitative estimate of drug-likeness (QED) is 0.722. The van der Waals surface area contributed by atoms with Crippen LogP contribution in [0.15, 0.2) is 11.6 Å². The molecule has 5 atom stereocenters. The van der Waals surface area contributed by atoms with E-state index in [1.165, 1.54) is 56.9 Å². The third-order valence-corrected chi connectivity index (χ3v) is 6.12. The van der Waals surface area contributed by atoms with Crippen molar-refractivity contribution in [3.63, 3.8) is 0 Å². The Morgan fingerprint density at radius 2 is 1.82 bits per heavy atom. The van der Waals surface area contributed by atoms with E-state index in [1.54, 1.807) is 0 Å². The van der Waals surface area contributed by atoms with Crippen LogP contribution >= 0.6 is 0 Å². The van der Waals surface area contributed by atoms with Crippen LogP contribution < -0.4 is 0 Å². The van der Waals surface area contributed by atoms with Crippen molar-refractivity contribution in [2.75, 3.05) is 0 Å². The molecule has 3 fully saturated rings. The highest BCUT2D eigenvalue weighted by Gasteiger charge is 2.66. The zero-order valence-corrected chi connectivity index (χ0v) is 10.6. The van der Waals surface area contributed by atoms with E-state index in [9.17, 15) is 5.11 Å². The second kappa shape index (κ2) is 3.85. The Morgan fingerprint density at radius 1 is 1.06 bits per heavy atom. The van der Waals surface area contributed by atoms with Gasteiger partial charge in [0.05, 0.1) is 6.10 Å². The van der Waals surface area contributed by atoms with Gasteiger partial charge in [-0.15, -0.1) is 0 Å². The number of rotatable bonds is 2. The topological polar surface area (TPSA) is 20.2 Å². The van der Waals surface area contributed by atoms with Crippen LogP contribution in [0.25, 0.3) is 0 Å². The van der Waals surface area contributed by atoms with Crippen LogP contribution in [-0.4, -0.2) is 11.2 Å². The van der Waals surface area contributed by atoms with Crippen LogP contribution in [0.5, 0.6) is 0 Å². The van der Waals surface area contributed by atoms with Gasteiger partial charge >= 0.3 is 0 Å². The molecule has 4 aliphatic rings. The summed E-state index contributed by atoms with van der Waals surface area (Å²) in [5.74, 6) is 4.51. The third kappa shape index (κ3) is 1.54. The summed E-state index contributed by atoms with van der Waals surface area (Å²) in [6.45, 7) is 0. The van der Waals surface area contributed by atoms with Crippen molar-refractivity contribution < 1.29 is 5.11 Å². The summed E-state index contributed by atoms with van der Waals surface area (Å²) in [6, 6.07) is 0. The summed E-state index contributed by atoms with van der Waals surface area (Å²) in [5, 5.41) is 10.6. The maximum absolute atomic E-state index is 10.6. The number of fused-ring (bicyclic) bond motifs is 5. The van der Waals surface area contributed by atoms with E-state index in [1.807, 2.05) is 0 Å². The summed E-state index contributed by atoms with van der Waals surface area (Å²) in [7, 11) is 0. The molecule has 1 N–H and O–H groups in total. The Bertz CT molecular complexity index is 329. The summed E-state index contributed by atoms with van der Waals surface area (Å²) in [4.78, 5) is 0. The molecule has 0 aromatic heterocycles. The van der Waals surface area contributed by atoms with Crippen molar-refractivity contribution in [2.45, 2.75) is 57.5 Å². The molecule has 0 spiro atoms. The average Bonchev–Trinajstić information content (AvgIpc) is 2.93. The van der Waals surface area contributed by atoms with Gasteiger partial charge in [0.15, 0.2) is 0 Å². The largest absolute Gasteiger partial charge is 0.388 e. The Balaban J connectivity index is 1.48. The van der Waals surface area contributed by atoms with E-state index in [4.69, 9.17) is 0 Å². The van der Waals surface area contributed by atoms with Crippen LogP contribution in [-0.2, 0) is 0 Å². The first kappa shape index (κ1) is 10.6. The SMILES string of the molecule is OC(C1=CCCCCC1)C1C2C3CCC(C3)C21. The molecular formula is C16H24O. The predicted molar refractivity (Wildman–Crippen MR) is 68.5 cm³/mol. The van der Waals surface area contributed by atoms with Gasteiger partial charge in [-0.2, -0.15) is 0 Å². The summed E-state index contributed by atoms with van der Waals surface area (Å²) >= 11 is 0. The molecule has 4 rings (SSSR count). The van der Waals surface area contributed by atoms with Crippen LogP contribution in [0.2, 0.25) is 0 Å². The molecule has 4 aliphatic carbocycles. The lowest BCUT2D eigenvalue weighted by Crippen LogP contribution is -2.18. The Labute approximate surface area is 104 Å². The number of aliphatic hydroxyl groups is 1. The molecule has 0 heterocycles. The molecule has 0 aromatic rings. The highest BCUT2D eigenvalue weighted by Crippen LogP contribution is 2.70. The van der Waals surface area contributed by atoms with Crippen LogP contribution in [0.1, 0.15) is 51.4 Å². The van der Waals surface area contributed by atoms with Gasteiger partial charge in [-0.1, -0.05) is 12.5 Å². The van der Waals surface area contributed by atoms with E-state index in [-0.39, 0.29) is 6.10 Å². The molecule has 1 heteroatoms. The molecule has 0 radical (unpaired) electrons. The molecule has 0 aromatic carbocycles. The number of aliphatic hydroxyl groups excluding tert-OH is 1. The first-order valence-corrected chi connectivity index (χ1v) is 7.73. The van der Waals surface area contributed by atoms with Gasteiger partial charge in [-0.25, -0.2) is 0 Å². The van der Waals surface area contributed by atoms with E-state index in [2.05, 4.69) is 6.08 Å². The van der Waals surface area contributed by atoms with Gasteiger partial charge < -0.3 is 5.11 Å². The van der Waals surface area contributed by atoms with Crippen LogP contribution in [0.3, 0.4) is 0 Å². The fourth-order valence-electron chi connectivity index (χ4n) is 5.37. The van der Waals surface area contributed by atoms with Crippen molar-refractivity contribution in [3.05, 3.63) is 11.6 Å². The van der Waals surface area contributed by atoms with Crippen molar-refractivity contribution in [1.29, 1.82) is 0 Å². The van der Waals surface area contributed by atoms with Gasteiger partial charge in [0.25, 0.3) is 0 Å². The molecular weight excluding hydrogens is 208 g/mol. The summed E-state index contributed by atoms with van der Waals surface area (Å²) < 4.78 is 0. The number of hydrogen-bond acceptors (Lipinski definition) is 1. The van der Waals surface area contributed by atoms with E-state index < -0.39 is 0 Å². The van der Waals surface area contributed by atoms with Gasteiger partial charge in [0.2, 0.25) is 0 Å². The third-order valence-electron chi connectivity index (χ3n) is 6.12. The fraction of sp³-hybridized carbons (Fsp3) is 0.875. The first-order chi connectivity index (χ1) is 8.36. The Morgan fingerprint density at radius 3 is 2.59 bits per heavy atom. The summed E-state index contributed by atoms with van der Waals surface area (Å²) in [5.41, 5.74) is 1.40. The van der Waals surface area contributed by atoms with Crippen molar-refractivity contribution in [2.24, 2.45) is 29.6 Å². The highest BCUT2D eigenvalue weighted by molar-refractivity contribution is 5.22. The minimum atomic E-state index is -0.0634. The van der Waals surface area contributed by atoms with Gasteiger partial charge in [0.1, 0.15) is 0 Å². The standard InChI is InChI=1S/C16H24O/c17-16(10-5-3-1-2-4-6-10)15-13-11-7-8-12(9-11)14(13)15/h5,11-17H,1-4,6-9H2. The molecule has 3 saturated carbocycles. The Hall–Kier alpha value is -0.300. The lowest BCUT2D eigenvalue weighted by Gasteiger charge is -2.18. The maximum atomic E-state index is 10.6. The number of allylic oxidation sites excluding steroid dienone is 1. The van der Waals surface area contributed by atoms with Crippen molar-refractivity contribution >= 4 is 0 Å². The van der Waals surface area contributed by atoms with Gasteiger partial charge in [-0.3, -0.25) is 0 Å². The normalized spacial score (nSPS) is 49.5. The highest BCUT2D eigenvalue weighted by atomic mass is 16.3. The average molecular weight is 232 g/mol. The number of hydrogen-bond donors (Lipinski definition) is 1. The van der Waals surface area contributed by atoms with Crippen LogP contribution in [0, 0.1) is 29.6 Å². The maximum Gasteiger partial charge on any atom is 0.0783 e. The first-order valence-electron chi connectivity index (χ1n) is 7.73. The van der Waals surface area contributed by atoms with Gasteiger partial charge in [0, 0.05) is 0 Å². The van der Waals surface area contributed by atoms with Crippen molar-refractivity contribution in [1.82, 2.24) is 0 Å². The lowest BCUT2D eigenvalue weighted by atomic mass is 9.93. The monoisotopic (exact) mass is 232 g/mol. The molecule has 0 aliphatic heterocycles. The van der Waals surface area contributed by atoms with Crippen LogP contribution in [0.4, 0.5) is 0 Å². The predicted octanol–water partition coefficient (Wildman–Crippen LogP) is 3.53. The molecule has 5 unspecified atom stereocenters. The van der Waals surface area contributed by atoms with E-state index in [0.29, 0.717) is 5.92 Å². The second-order valence-corrected chi connectivity index (χ2v) is 6.89. The van der Waals surface area contributed by atoms with E-state index in [0.717, 1.165) is 23.7 Å². The minimum absolute atomic E-state index is 0.0634. The smallest absolute Gasteiger partial charge is 0.0783 e. The molecule has 17 heavy (non-hydrogen) atoms. The zero-order valence-electron chi connectivity index (χ0n) is 10.6. The molecule has 0 saturated heterocycles. The van der Waals surface area contributed by atoms with Crippen molar-refractivity contribution in [3.8, 4) is 0 Å². The molecule has 2 bridgehead atoms. The fourth-order valence-corrected chi connectivity index (χ4v) is 5.37. The van der Waals surface area contributed by atoms with E-state index >= 15 is 0 Å². The lowest BCUT2D eigenvalue weighted by molar-refractivity contribution is 0.158. The summed E-state index contributed by atoms with van der Waals surface area (Å²) in [6.07, 6.45) is 13.1. The zero-order chi connectivity index (χ0) is 11.4. The molecule has 0 amide bonds.